The minimum absolute atomic E-state index is 0. The molecule has 53 heavy (non-hydrogen) atoms. The molecule has 30 nitrogen and oxygen atoms in total. The van der Waals surface area contributed by atoms with Gasteiger partial charge in [-0.2, -0.15) is 9.97 Å². The molecule has 2 fully saturated rings. The summed E-state index contributed by atoms with van der Waals surface area (Å²) in [6, 6.07) is 0. The Hall–Kier alpha value is -3.37. The molecule has 0 aliphatic carbocycles. The van der Waals surface area contributed by atoms with Gasteiger partial charge in [-0.05, 0) is 0 Å². The van der Waals surface area contributed by atoms with Gasteiger partial charge in [0.25, 0.3) is 11.1 Å². The molecule has 0 spiro atoms. The van der Waals surface area contributed by atoms with Gasteiger partial charge >= 0.3 is 16.8 Å². The molecule has 2 aliphatic rings. The third kappa shape index (κ3) is 10.9. The van der Waals surface area contributed by atoms with Crippen molar-refractivity contribution in [1.82, 2.24) is 39.0 Å². The number of phosphoric ester groups is 2. The van der Waals surface area contributed by atoms with Crippen molar-refractivity contribution in [2.24, 2.45) is 0 Å². The maximum absolute atomic E-state index is 11.7. The molecule has 6 heterocycles. The van der Waals surface area contributed by atoms with Gasteiger partial charge in [-0.3, -0.25) is 28.7 Å². The number of nitrogens with one attached hydrogen (secondary N) is 2. The molecule has 302 valence electrons. The van der Waals surface area contributed by atoms with E-state index in [0.717, 1.165) is 21.8 Å². The Labute approximate surface area is 302 Å². The number of aliphatic hydroxyl groups excluding tert-OH is 4. The Balaban J connectivity index is 0.000000932. The van der Waals surface area contributed by atoms with Crippen molar-refractivity contribution in [2.45, 2.75) is 49.1 Å². The summed E-state index contributed by atoms with van der Waals surface area (Å²) in [5, 5.41) is 40.0. The number of nitrogens with zero attached hydrogens (tertiary/aromatic N) is 6. The van der Waals surface area contributed by atoms with Crippen LogP contribution in [0.3, 0.4) is 0 Å². The number of ether oxygens (including phenoxy) is 2. The van der Waals surface area contributed by atoms with Crippen LogP contribution < -0.4 is 42.2 Å². The fourth-order valence-electron chi connectivity index (χ4n) is 4.78. The van der Waals surface area contributed by atoms with Crippen molar-refractivity contribution in [1.29, 1.82) is 0 Å². The van der Waals surface area contributed by atoms with Crippen LogP contribution in [0.1, 0.15) is 12.5 Å². The van der Waals surface area contributed by atoms with E-state index in [0.29, 0.717) is 0 Å². The number of nitrogens with two attached hydrogens (primary N) is 2. The van der Waals surface area contributed by atoms with Gasteiger partial charge in [-0.15, -0.1) is 0 Å². The molecule has 0 amide bonds. The monoisotopic (exact) mass is 853 g/mol. The van der Waals surface area contributed by atoms with Crippen LogP contribution in [0.25, 0.3) is 22.3 Å². The van der Waals surface area contributed by atoms with E-state index < -0.39 is 89.1 Å². The molecule has 18 N–H and O–H groups in total. The van der Waals surface area contributed by atoms with Gasteiger partial charge in [-0.1, -0.05) is 0 Å². The van der Waals surface area contributed by atoms with E-state index in [1.54, 1.807) is 0 Å². The quantitative estimate of drug-likeness (QED) is 0.0763. The normalized spacial score (nSPS) is 25.2. The van der Waals surface area contributed by atoms with Crippen molar-refractivity contribution in [3.63, 3.8) is 0 Å². The summed E-state index contributed by atoms with van der Waals surface area (Å²) < 4.78 is 42.1. The van der Waals surface area contributed by atoms with Crippen LogP contribution in [0.15, 0.2) is 22.2 Å². The molecular weight excluding hydrogens is 821 g/mol. The summed E-state index contributed by atoms with van der Waals surface area (Å²) in [5.41, 5.74) is 9.54. The van der Waals surface area contributed by atoms with Crippen LogP contribution in [0.4, 0.5) is 11.9 Å². The predicted molar refractivity (Wildman–Crippen MR) is 159 cm³/mol. The van der Waals surface area contributed by atoms with Gasteiger partial charge in [0.2, 0.25) is 11.9 Å². The standard InChI is InChI=1S/2C10H14N5O8P.Co.4H2O/c2*11-10-13-7-4(8(18)14-10)12-2-15(7)9-6(17)5(16)3(23-9)1-22-24(19,20)21;;;;;/h2*2-3,5-6,9,16-17H,1H2,(H2,19,20,21)(H3,11,13,14,18);;4*1H2/q;;+3;;;;/p-4. The second-order valence-electron chi connectivity index (χ2n) is 10.1. The second kappa shape index (κ2) is 18.8. The van der Waals surface area contributed by atoms with Crippen LogP contribution in [0.5, 0.6) is 0 Å². The molecular formula is C20H32CoN10O20P2-. The number of anilines is 2. The first-order valence-corrected chi connectivity index (χ1v) is 16.1. The number of aliphatic hydroxyl groups is 4. The van der Waals surface area contributed by atoms with Crippen LogP contribution >= 0.6 is 15.6 Å². The number of hydrogen-bond acceptors (Lipinski definition) is 22. The van der Waals surface area contributed by atoms with Crippen LogP contribution in [-0.4, -0.2) is 131 Å². The van der Waals surface area contributed by atoms with E-state index in [4.69, 9.17) is 20.9 Å². The molecule has 0 bridgehead atoms. The third-order valence-corrected chi connectivity index (χ3v) is 7.85. The van der Waals surface area contributed by atoms with Crippen molar-refractivity contribution >= 4 is 49.9 Å². The first-order valence-electron chi connectivity index (χ1n) is 13.2. The van der Waals surface area contributed by atoms with Crippen molar-refractivity contribution in [3.8, 4) is 0 Å². The maximum atomic E-state index is 11.7. The first kappa shape index (κ1) is 49.6. The summed E-state index contributed by atoms with van der Waals surface area (Å²) in [6.45, 7) is -1.55. The van der Waals surface area contributed by atoms with Crippen LogP contribution in [-0.2, 0) is 44.4 Å². The Morgan fingerprint density at radius 2 is 1.02 bits per heavy atom. The summed E-state index contributed by atoms with van der Waals surface area (Å²) >= 11 is 0. The number of H-pyrrole nitrogens is 2. The van der Waals surface area contributed by atoms with E-state index in [2.05, 4.69) is 39.0 Å². The molecule has 0 aromatic carbocycles. The summed E-state index contributed by atoms with van der Waals surface area (Å²) in [7, 11) is -10.5. The number of imidazole rings is 2. The van der Waals surface area contributed by atoms with E-state index in [1.807, 2.05) is 0 Å². The minimum atomic E-state index is -5.26. The average Bonchev–Trinajstić information content (AvgIpc) is 3.72. The molecule has 2 aliphatic heterocycles. The van der Waals surface area contributed by atoms with Gasteiger partial charge in [-0.25, -0.2) is 9.97 Å². The number of rotatable bonds is 8. The number of aromatic nitrogens is 8. The number of phosphoric acid groups is 2. The molecule has 0 saturated carbocycles. The van der Waals surface area contributed by atoms with E-state index >= 15 is 0 Å². The smallest absolute Gasteiger partial charge is 0.790 e. The van der Waals surface area contributed by atoms with Gasteiger partial charge in [0.05, 0.1) is 41.5 Å². The number of nitrogen functional groups attached to an aromatic ring is 2. The van der Waals surface area contributed by atoms with Crippen LogP contribution in [0, 0.1) is 0 Å². The number of hydrogen-bond donors (Lipinski definition) is 8. The molecule has 2 saturated heterocycles. The van der Waals surface area contributed by atoms with Crippen molar-refractivity contribution < 1.29 is 106 Å². The summed E-state index contributed by atoms with van der Waals surface area (Å²) in [6.07, 6.45) is -8.92. The Morgan fingerprint density at radius 3 is 1.32 bits per heavy atom. The van der Waals surface area contributed by atoms with Crippen molar-refractivity contribution in [2.75, 3.05) is 24.7 Å². The van der Waals surface area contributed by atoms with Crippen molar-refractivity contribution in [3.05, 3.63) is 33.4 Å². The largest absolute Gasteiger partial charge is 3.00 e. The van der Waals surface area contributed by atoms with Gasteiger partial charge in [0.15, 0.2) is 34.8 Å². The summed E-state index contributed by atoms with van der Waals surface area (Å²) in [4.78, 5) is 85.4. The Kier molecular flexibility index (Phi) is 17.6. The molecule has 8 atom stereocenters. The SMILES string of the molecule is Nc1nc2c(ncn2C2OC(COP(=O)([O-])[O-])C(O)C2O)c(=O)[nH]1.Nc1nc2c(ncn2C2OC(COP(=O)([O-])[O-])C(O)C2O)c(=O)[nH]1.O.O.O.O.[Co+3]. The van der Waals surface area contributed by atoms with Gasteiger partial charge < -0.3 is 101 Å². The zero-order valence-corrected chi connectivity index (χ0v) is 28.8. The van der Waals surface area contributed by atoms with Crippen LogP contribution in [0.2, 0.25) is 0 Å². The van der Waals surface area contributed by atoms with Gasteiger partial charge in [0.1, 0.15) is 36.6 Å². The zero-order chi connectivity index (χ0) is 35.3. The minimum Gasteiger partial charge on any atom is -0.790 e. The molecule has 4 aromatic heterocycles. The van der Waals surface area contributed by atoms with E-state index in [1.165, 1.54) is 0 Å². The summed E-state index contributed by atoms with van der Waals surface area (Å²) in [5.74, 6) is -0.387. The molecule has 33 heteroatoms. The molecule has 0 radical (unpaired) electrons. The maximum Gasteiger partial charge on any atom is 3.00 e. The number of fused-ring (bicyclic) bond motifs is 2. The molecule has 4 aromatic rings. The third-order valence-electron chi connectivity index (χ3n) is 6.92. The average molecular weight is 853 g/mol. The Morgan fingerprint density at radius 1 is 0.698 bits per heavy atom. The Bertz CT molecular complexity index is 1880. The fourth-order valence-corrected chi connectivity index (χ4v) is 5.44. The fraction of sp³-hybridized carbons (Fsp3) is 0.500. The zero-order valence-electron chi connectivity index (χ0n) is 25.9. The second-order valence-corrected chi connectivity index (χ2v) is 12.4. The molecule has 6 rings (SSSR count). The van der Waals surface area contributed by atoms with E-state index in [-0.39, 0.29) is 72.9 Å². The predicted octanol–water partition coefficient (Wildman–Crippen LogP) is -11.0. The number of aromatic amines is 2. The van der Waals surface area contributed by atoms with Gasteiger partial charge in [0, 0.05) is 0 Å². The topological polar surface area (TPSA) is 549 Å². The first-order chi connectivity index (χ1) is 22.3. The molecule has 8 unspecified atom stereocenters. The van der Waals surface area contributed by atoms with E-state index in [9.17, 15) is 58.7 Å².